The van der Waals surface area contributed by atoms with Crippen molar-refractivity contribution in [2.24, 2.45) is 10.8 Å². The quantitative estimate of drug-likeness (QED) is 0.468. The van der Waals surface area contributed by atoms with Gasteiger partial charge in [0.05, 0.1) is 4.75 Å². The molecule has 0 aromatic rings. The monoisotopic (exact) mass is 330 g/mol. The lowest BCUT2D eigenvalue weighted by Gasteiger charge is -2.53. The molecule has 0 aliphatic heterocycles. The van der Waals surface area contributed by atoms with E-state index >= 15 is 0 Å². The summed E-state index contributed by atoms with van der Waals surface area (Å²) in [5, 5.41) is 0. The minimum absolute atomic E-state index is 0.141. The second kappa shape index (κ2) is 7.05. The number of unbranched alkanes of at least 4 members (excludes halogenated alkanes) is 1. The smallest absolute Gasteiger partial charge is 0.0501 e. The lowest BCUT2D eigenvalue weighted by atomic mass is 9.61. The second-order valence-electron chi connectivity index (χ2n) is 8.41. The van der Waals surface area contributed by atoms with Crippen molar-refractivity contribution in [3.8, 4) is 0 Å². The normalized spacial score (nSPS) is 24.8. The van der Waals surface area contributed by atoms with Gasteiger partial charge in [-0.1, -0.05) is 84.4 Å². The Balaban J connectivity index is 2.50. The van der Waals surface area contributed by atoms with Crippen LogP contribution in [0.25, 0.3) is 0 Å². The van der Waals surface area contributed by atoms with Crippen molar-refractivity contribution in [2.45, 2.75) is 72.0 Å². The van der Waals surface area contributed by atoms with Gasteiger partial charge in [0, 0.05) is 5.41 Å². The van der Waals surface area contributed by atoms with Crippen LogP contribution >= 0.6 is 11.8 Å². The Labute approximate surface area is 148 Å². The minimum Gasteiger partial charge on any atom is -0.149 e. The third-order valence-electron chi connectivity index (χ3n) is 5.40. The number of thioether (sulfide) groups is 1. The van der Waals surface area contributed by atoms with Gasteiger partial charge in [-0.2, -0.15) is 0 Å². The van der Waals surface area contributed by atoms with Gasteiger partial charge in [-0.25, -0.2) is 0 Å². The van der Waals surface area contributed by atoms with Crippen molar-refractivity contribution in [2.75, 3.05) is 5.75 Å². The molecule has 2 aliphatic rings. The van der Waals surface area contributed by atoms with Crippen LogP contribution in [0.1, 0.15) is 67.2 Å². The van der Waals surface area contributed by atoms with Crippen molar-refractivity contribution in [1.29, 1.82) is 0 Å². The van der Waals surface area contributed by atoms with E-state index in [1.54, 1.807) is 5.57 Å². The Morgan fingerprint density at radius 2 is 1.87 bits per heavy atom. The van der Waals surface area contributed by atoms with Gasteiger partial charge in [-0.05, 0) is 41.6 Å². The van der Waals surface area contributed by atoms with Crippen molar-refractivity contribution >= 4 is 11.8 Å². The molecule has 0 saturated heterocycles. The first kappa shape index (κ1) is 18.6. The molecule has 0 fully saturated rings. The maximum absolute atomic E-state index is 2.46. The van der Waals surface area contributed by atoms with Gasteiger partial charge < -0.3 is 0 Å². The lowest BCUT2D eigenvalue weighted by Crippen LogP contribution is -2.48. The van der Waals surface area contributed by atoms with Crippen molar-refractivity contribution in [3.05, 3.63) is 47.6 Å². The van der Waals surface area contributed by atoms with Crippen LogP contribution in [-0.2, 0) is 0 Å². The summed E-state index contributed by atoms with van der Waals surface area (Å²) in [6.45, 7) is 14.4. The molecule has 0 nitrogen and oxygen atoms in total. The molecular formula is C22H34S. The fraction of sp³-hybridized carbons (Fsp3) is 0.636. The number of allylic oxidation sites excluding steroid dienone is 7. The summed E-state index contributed by atoms with van der Waals surface area (Å²) < 4.78 is 0.162. The molecule has 0 spiro atoms. The molecule has 1 atom stereocenters. The van der Waals surface area contributed by atoms with Crippen LogP contribution in [0.5, 0.6) is 0 Å². The van der Waals surface area contributed by atoms with E-state index in [0.717, 1.165) is 12.8 Å². The molecule has 2 rings (SSSR count). The number of hydrogen-bond acceptors (Lipinski definition) is 1. The van der Waals surface area contributed by atoms with Gasteiger partial charge in [0.25, 0.3) is 0 Å². The topological polar surface area (TPSA) is 0 Å². The zero-order valence-electron chi connectivity index (χ0n) is 15.9. The first-order valence-corrected chi connectivity index (χ1v) is 10.1. The van der Waals surface area contributed by atoms with Gasteiger partial charge in [-0.3, -0.25) is 0 Å². The first-order valence-electron chi connectivity index (χ1n) is 9.14. The molecular weight excluding hydrogens is 296 g/mol. The van der Waals surface area contributed by atoms with Crippen LogP contribution in [0.15, 0.2) is 47.6 Å². The Morgan fingerprint density at radius 1 is 1.13 bits per heavy atom. The predicted octanol–water partition coefficient (Wildman–Crippen LogP) is 7.10. The summed E-state index contributed by atoms with van der Waals surface area (Å²) in [4.78, 5) is 0. The summed E-state index contributed by atoms with van der Waals surface area (Å²) in [5.41, 5.74) is 3.47. The van der Waals surface area contributed by atoms with E-state index in [1.807, 2.05) is 0 Å². The van der Waals surface area contributed by atoms with Gasteiger partial charge in [-0.15, -0.1) is 11.8 Å². The number of hydrogen-bond donors (Lipinski definition) is 0. The van der Waals surface area contributed by atoms with E-state index in [9.17, 15) is 0 Å². The summed E-state index contributed by atoms with van der Waals surface area (Å²) in [6.07, 6.45) is 19.0. The molecule has 0 heterocycles. The molecule has 0 bridgehead atoms. The van der Waals surface area contributed by atoms with E-state index in [2.05, 4.69) is 89.8 Å². The van der Waals surface area contributed by atoms with Gasteiger partial charge >= 0.3 is 0 Å². The Kier molecular flexibility index (Phi) is 5.72. The molecule has 128 valence electrons. The molecule has 2 aliphatic carbocycles. The predicted molar refractivity (Wildman–Crippen MR) is 107 cm³/mol. The van der Waals surface area contributed by atoms with E-state index in [0.29, 0.717) is 0 Å². The van der Waals surface area contributed by atoms with Crippen LogP contribution in [-0.4, -0.2) is 10.5 Å². The largest absolute Gasteiger partial charge is 0.149 e. The zero-order chi connectivity index (χ0) is 17.1. The second-order valence-corrected chi connectivity index (χ2v) is 9.81. The lowest BCUT2D eigenvalue weighted by molar-refractivity contribution is 0.301. The summed E-state index contributed by atoms with van der Waals surface area (Å²) in [7, 11) is 0. The molecule has 1 unspecified atom stereocenters. The maximum Gasteiger partial charge on any atom is 0.0501 e. The third-order valence-corrected chi connectivity index (χ3v) is 7.28. The van der Waals surface area contributed by atoms with E-state index in [4.69, 9.17) is 0 Å². The number of rotatable bonds is 6. The fourth-order valence-corrected chi connectivity index (χ4v) is 5.96. The van der Waals surface area contributed by atoms with Gasteiger partial charge in [0.15, 0.2) is 0 Å². The highest BCUT2D eigenvalue weighted by Crippen LogP contribution is 2.59. The average molecular weight is 331 g/mol. The summed E-state index contributed by atoms with van der Waals surface area (Å²) in [6, 6.07) is 0. The SMILES string of the molecule is CCCCSC1(C(C)(C)C2=CCC=C2)CC=CC=C1C(C)(C)C. The summed E-state index contributed by atoms with van der Waals surface area (Å²) >= 11 is 2.20. The van der Waals surface area contributed by atoms with Crippen molar-refractivity contribution in [3.63, 3.8) is 0 Å². The average Bonchev–Trinajstić information content (AvgIpc) is 3.01. The molecule has 0 radical (unpaired) electrons. The standard InChI is InChI=1S/C22H34S/c1-7-8-17-23-22(21(5,6)18-13-9-10-14-18)16-12-11-15-19(22)20(2,3)4/h9,11-15H,7-8,10,16-17H2,1-6H3. The highest BCUT2D eigenvalue weighted by Gasteiger charge is 2.51. The molecule has 23 heavy (non-hydrogen) atoms. The van der Waals surface area contributed by atoms with Crippen LogP contribution in [0, 0.1) is 10.8 Å². The van der Waals surface area contributed by atoms with Crippen LogP contribution in [0.4, 0.5) is 0 Å². The molecule has 1 heteroatoms. The fourth-order valence-electron chi connectivity index (χ4n) is 3.95. The Bertz CT molecular complexity index is 537. The van der Waals surface area contributed by atoms with Gasteiger partial charge in [0.2, 0.25) is 0 Å². The first-order chi connectivity index (χ1) is 10.8. The Morgan fingerprint density at radius 3 is 2.43 bits per heavy atom. The third kappa shape index (κ3) is 3.55. The molecule has 0 aromatic carbocycles. The van der Waals surface area contributed by atoms with Crippen molar-refractivity contribution in [1.82, 2.24) is 0 Å². The van der Waals surface area contributed by atoms with E-state index in [1.165, 1.54) is 24.2 Å². The van der Waals surface area contributed by atoms with Crippen molar-refractivity contribution < 1.29 is 0 Å². The highest BCUT2D eigenvalue weighted by molar-refractivity contribution is 8.00. The molecule has 0 saturated carbocycles. The molecule has 0 aromatic heterocycles. The Hall–Kier alpha value is -0.690. The minimum atomic E-state index is 0.141. The van der Waals surface area contributed by atoms with E-state index < -0.39 is 0 Å². The van der Waals surface area contributed by atoms with Gasteiger partial charge in [0.1, 0.15) is 0 Å². The molecule has 0 N–H and O–H groups in total. The summed E-state index contributed by atoms with van der Waals surface area (Å²) in [5.74, 6) is 1.25. The van der Waals surface area contributed by atoms with Crippen LogP contribution < -0.4 is 0 Å². The highest BCUT2D eigenvalue weighted by atomic mass is 32.2. The zero-order valence-corrected chi connectivity index (χ0v) is 16.7. The van der Waals surface area contributed by atoms with Crippen LogP contribution in [0.2, 0.25) is 0 Å². The maximum atomic E-state index is 2.46. The van der Waals surface area contributed by atoms with Crippen LogP contribution in [0.3, 0.4) is 0 Å². The molecule has 0 amide bonds. The van der Waals surface area contributed by atoms with E-state index in [-0.39, 0.29) is 15.6 Å².